The van der Waals surface area contributed by atoms with E-state index in [1.807, 2.05) is 18.2 Å². The lowest BCUT2D eigenvalue weighted by atomic mass is 9.79. The monoisotopic (exact) mass is 499 g/mol. The Hall–Kier alpha value is -2.87. The number of fused-ring (bicyclic) bond motifs is 2. The van der Waals surface area contributed by atoms with Gasteiger partial charge in [0.1, 0.15) is 6.61 Å². The van der Waals surface area contributed by atoms with Crippen molar-refractivity contribution in [2.45, 2.75) is 68.1 Å². The Labute approximate surface area is 207 Å². The Morgan fingerprint density at radius 3 is 2.11 bits per heavy atom. The number of hydrogen-bond donors (Lipinski definition) is 0. The van der Waals surface area contributed by atoms with Crippen LogP contribution in [0.1, 0.15) is 63.4 Å². The maximum atomic E-state index is 13.6. The van der Waals surface area contributed by atoms with Crippen molar-refractivity contribution in [1.29, 1.82) is 0 Å². The summed E-state index contributed by atoms with van der Waals surface area (Å²) in [5.74, 6) is -0.456. The molecule has 1 atom stereocenters. The zero-order valence-corrected chi connectivity index (χ0v) is 20.8. The standard InChI is InChI=1S/C27H33NO6S/c29-25-16-7-2-1-3-8-17-26(30)34-21-27(18-11-19-33-25)20-28(24-15-10-9-14-23(24)27)35(31,32)22-12-5-4-6-13-22/h4-6,9-10,12-15H,1-3,7-8,11,16-21H2. The molecule has 4 rings (SSSR count). The van der Waals surface area contributed by atoms with E-state index in [2.05, 4.69) is 0 Å². The van der Waals surface area contributed by atoms with E-state index in [1.165, 1.54) is 4.31 Å². The summed E-state index contributed by atoms with van der Waals surface area (Å²) in [4.78, 5) is 24.9. The van der Waals surface area contributed by atoms with Gasteiger partial charge in [-0.3, -0.25) is 13.9 Å². The van der Waals surface area contributed by atoms with Crippen LogP contribution in [0, 0.1) is 0 Å². The van der Waals surface area contributed by atoms with Crippen molar-refractivity contribution in [2.24, 2.45) is 0 Å². The smallest absolute Gasteiger partial charge is 0.305 e. The van der Waals surface area contributed by atoms with E-state index in [1.54, 1.807) is 36.4 Å². The van der Waals surface area contributed by atoms with Crippen LogP contribution in [0.4, 0.5) is 5.69 Å². The van der Waals surface area contributed by atoms with Crippen LogP contribution in [0.5, 0.6) is 0 Å². The number of cyclic esters (lactones) is 2. The third kappa shape index (κ3) is 5.86. The third-order valence-corrected chi connectivity index (χ3v) is 8.63. The van der Waals surface area contributed by atoms with Gasteiger partial charge >= 0.3 is 11.9 Å². The number of carbonyl (C=O) groups excluding carboxylic acids is 2. The summed E-state index contributed by atoms with van der Waals surface area (Å²) in [5, 5.41) is 0. The highest BCUT2D eigenvalue weighted by atomic mass is 32.2. The number of carbonyl (C=O) groups is 2. The Morgan fingerprint density at radius 2 is 1.37 bits per heavy atom. The molecule has 0 amide bonds. The Kier molecular flexibility index (Phi) is 8.11. The van der Waals surface area contributed by atoms with Crippen LogP contribution in [0.3, 0.4) is 0 Å². The first-order valence-corrected chi connectivity index (χ1v) is 13.8. The molecule has 2 heterocycles. The number of nitrogens with zero attached hydrogens (tertiary/aromatic N) is 1. The van der Waals surface area contributed by atoms with Crippen molar-refractivity contribution < 1.29 is 27.5 Å². The second-order valence-electron chi connectivity index (χ2n) is 9.37. The maximum absolute atomic E-state index is 13.6. The molecule has 2 aliphatic heterocycles. The first kappa shape index (κ1) is 25.2. The highest BCUT2D eigenvalue weighted by Gasteiger charge is 2.47. The Balaban J connectivity index is 1.63. The largest absolute Gasteiger partial charge is 0.466 e. The topological polar surface area (TPSA) is 90.0 Å². The molecule has 0 saturated carbocycles. The van der Waals surface area contributed by atoms with Gasteiger partial charge < -0.3 is 9.47 Å². The molecule has 7 nitrogen and oxygen atoms in total. The van der Waals surface area contributed by atoms with E-state index in [9.17, 15) is 18.0 Å². The lowest BCUT2D eigenvalue weighted by Gasteiger charge is -2.30. The first-order valence-electron chi connectivity index (χ1n) is 12.4. The van der Waals surface area contributed by atoms with Gasteiger partial charge in [-0.15, -0.1) is 0 Å². The van der Waals surface area contributed by atoms with Crippen molar-refractivity contribution in [3.63, 3.8) is 0 Å². The van der Waals surface area contributed by atoms with E-state index >= 15 is 0 Å². The van der Waals surface area contributed by atoms with Gasteiger partial charge in [-0.2, -0.15) is 0 Å². The molecular weight excluding hydrogens is 466 g/mol. The van der Waals surface area contributed by atoms with E-state index in [4.69, 9.17) is 9.47 Å². The number of sulfonamides is 1. The fourth-order valence-electron chi connectivity index (χ4n) is 4.96. The minimum absolute atomic E-state index is 0.0810. The van der Waals surface area contributed by atoms with Gasteiger partial charge in [-0.25, -0.2) is 8.42 Å². The van der Waals surface area contributed by atoms with Crippen LogP contribution in [0.15, 0.2) is 59.5 Å². The van der Waals surface area contributed by atoms with Gasteiger partial charge in [0.05, 0.1) is 22.6 Å². The molecule has 0 bridgehead atoms. The number of benzene rings is 2. The van der Waals surface area contributed by atoms with E-state index in [0.717, 1.165) is 37.7 Å². The summed E-state index contributed by atoms with van der Waals surface area (Å²) in [6.07, 6.45) is 6.13. The summed E-state index contributed by atoms with van der Waals surface area (Å²) in [6.45, 7) is 0.491. The SMILES string of the molecule is O=C1CCCCCCCC(=O)OCC2(CCCO1)CN(S(=O)(=O)c1ccccc1)c1ccccc12. The zero-order valence-electron chi connectivity index (χ0n) is 20.0. The van der Waals surface area contributed by atoms with Crippen molar-refractivity contribution >= 4 is 27.6 Å². The molecule has 1 fully saturated rings. The van der Waals surface area contributed by atoms with Crippen LogP contribution in [-0.2, 0) is 34.5 Å². The van der Waals surface area contributed by atoms with E-state index < -0.39 is 15.4 Å². The van der Waals surface area contributed by atoms with Gasteiger partial charge in [0.2, 0.25) is 0 Å². The molecule has 1 saturated heterocycles. The minimum Gasteiger partial charge on any atom is -0.466 e. The number of para-hydroxylation sites is 1. The molecule has 188 valence electrons. The molecule has 0 aliphatic carbocycles. The summed E-state index contributed by atoms with van der Waals surface area (Å²) in [7, 11) is -3.81. The molecule has 2 aliphatic rings. The highest BCUT2D eigenvalue weighted by Crippen LogP contribution is 2.46. The van der Waals surface area contributed by atoms with Crippen molar-refractivity contribution in [3.8, 4) is 0 Å². The van der Waals surface area contributed by atoms with Crippen molar-refractivity contribution in [1.82, 2.24) is 0 Å². The molecule has 1 unspecified atom stereocenters. The predicted octanol–water partition coefficient (Wildman–Crippen LogP) is 4.74. The van der Waals surface area contributed by atoms with Crippen LogP contribution >= 0.6 is 0 Å². The summed E-state index contributed by atoms with van der Waals surface area (Å²) >= 11 is 0. The molecule has 0 radical (unpaired) electrons. The van der Waals surface area contributed by atoms with Gasteiger partial charge in [0.25, 0.3) is 10.0 Å². The van der Waals surface area contributed by atoms with Crippen molar-refractivity contribution in [2.75, 3.05) is 24.1 Å². The maximum Gasteiger partial charge on any atom is 0.305 e. The van der Waals surface area contributed by atoms with Gasteiger partial charge in [-0.1, -0.05) is 55.7 Å². The summed E-state index contributed by atoms with van der Waals surface area (Å²) < 4.78 is 39.8. The number of esters is 2. The quantitative estimate of drug-likeness (QED) is 0.554. The van der Waals surface area contributed by atoms with Crippen LogP contribution < -0.4 is 4.31 Å². The highest BCUT2D eigenvalue weighted by molar-refractivity contribution is 7.92. The van der Waals surface area contributed by atoms with Crippen LogP contribution in [0.25, 0.3) is 0 Å². The molecule has 2 aromatic carbocycles. The second-order valence-corrected chi connectivity index (χ2v) is 11.2. The average Bonchev–Trinajstić information content (AvgIpc) is 3.20. The fourth-order valence-corrected chi connectivity index (χ4v) is 6.55. The van der Waals surface area contributed by atoms with Gasteiger partial charge in [0.15, 0.2) is 0 Å². The molecule has 35 heavy (non-hydrogen) atoms. The minimum atomic E-state index is -3.81. The normalized spacial score (nSPS) is 22.9. The Bertz CT molecular complexity index is 1130. The average molecular weight is 500 g/mol. The molecule has 8 heteroatoms. The molecule has 2 aromatic rings. The van der Waals surface area contributed by atoms with Crippen LogP contribution in [0.2, 0.25) is 0 Å². The van der Waals surface area contributed by atoms with E-state index in [-0.39, 0.29) is 36.6 Å². The molecule has 0 N–H and O–H groups in total. The van der Waals surface area contributed by atoms with E-state index in [0.29, 0.717) is 31.4 Å². The third-order valence-electron chi connectivity index (χ3n) is 6.86. The molecule has 1 spiro atoms. The predicted molar refractivity (Wildman–Crippen MR) is 133 cm³/mol. The van der Waals surface area contributed by atoms with Gasteiger partial charge in [-0.05, 0) is 49.4 Å². The summed E-state index contributed by atoms with van der Waals surface area (Å²) in [5.41, 5.74) is 0.705. The number of rotatable bonds is 2. The Morgan fingerprint density at radius 1 is 0.743 bits per heavy atom. The lowest BCUT2D eigenvalue weighted by molar-refractivity contribution is -0.145. The lowest BCUT2D eigenvalue weighted by Crippen LogP contribution is -2.41. The van der Waals surface area contributed by atoms with Gasteiger partial charge in [0, 0.05) is 19.4 Å². The zero-order chi connectivity index (χ0) is 24.7. The summed E-state index contributed by atoms with van der Waals surface area (Å²) in [6, 6.07) is 15.7. The fraction of sp³-hybridized carbons (Fsp3) is 0.481. The number of anilines is 1. The van der Waals surface area contributed by atoms with Crippen LogP contribution in [-0.4, -0.2) is 40.1 Å². The van der Waals surface area contributed by atoms with Crippen molar-refractivity contribution in [3.05, 3.63) is 60.2 Å². The second kappa shape index (κ2) is 11.2. The number of hydrogen-bond acceptors (Lipinski definition) is 6. The number of ether oxygens (including phenoxy) is 2. The molecule has 0 aromatic heterocycles. The first-order chi connectivity index (χ1) is 16.9. The molecular formula is C27H33NO6S.